The number of nitrogens with one attached hydrogen (secondary N) is 2. The maximum atomic E-state index is 11.8. The Hall–Kier alpha value is -1.14. The molecule has 1 amide bonds. The third-order valence-electron chi connectivity index (χ3n) is 2.32. The molecule has 106 valence electrons. The van der Waals surface area contributed by atoms with Gasteiger partial charge < -0.3 is 10.6 Å². The highest BCUT2D eigenvalue weighted by atomic mass is 35.5. The van der Waals surface area contributed by atoms with E-state index in [9.17, 15) is 9.00 Å². The van der Waals surface area contributed by atoms with Crippen molar-refractivity contribution < 1.29 is 9.00 Å². The number of pyridine rings is 1. The quantitative estimate of drug-likeness (QED) is 0.804. The number of carbonyl (C=O) groups is 1. The Bertz CT molecular complexity index is 468. The van der Waals surface area contributed by atoms with Gasteiger partial charge >= 0.3 is 0 Å². The van der Waals surface area contributed by atoms with Crippen LogP contribution >= 0.6 is 11.6 Å². The fourth-order valence-electron chi connectivity index (χ4n) is 1.35. The van der Waals surface area contributed by atoms with Crippen molar-refractivity contribution in [3.63, 3.8) is 0 Å². The van der Waals surface area contributed by atoms with Gasteiger partial charge in [0.05, 0.1) is 10.6 Å². The lowest BCUT2D eigenvalue weighted by atomic mass is 10.2. The lowest BCUT2D eigenvalue weighted by Crippen LogP contribution is -2.27. The highest BCUT2D eigenvalue weighted by Gasteiger charge is 2.09. The van der Waals surface area contributed by atoms with Crippen LogP contribution in [0.3, 0.4) is 0 Å². The van der Waals surface area contributed by atoms with Crippen molar-refractivity contribution in [2.45, 2.75) is 13.3 Å². The number of anilines is 1. The SMILES string of the molecule is CCCNc1ncc(C(=O)NCCS(C)=O)cc1Cl. The Balaban J connectivity index is 2.61. The van der Waals surface area contributed by atoms with E-state index in [0.717, 1.165) is 13.0 Å². The summed E-state index contributed by atoms with van der Waals surface area (Å²) in [4.78, 5) is 15.9. The molecular weight excluding hydrogens is 286 g/mol. The summed E-state index contributed by atoms with van der Waals surface area (Å²) in [5.41, 5.74) is 0.397. The van der Waals surface area contributed by atoms with Gasteiger partial charge in [0.2, 0.25) is 0 Å². The predicted molar refractivity (Wildman–Crippen MR) is 79.3 cm³/mol. The fraction of sp³-hybridized carbons (Fsp3) is 0.500. The number of halogens is 1. The van der Waals surface area contributed by atoms with Gasteiger partial charge in [-0.25, -0.2) is 4.98 Å². The zero-order chi connectivity index (χ0) is 14.3. The maximum absolute atomic E-state index is 11.8. The van der Waals surface area contributed by atoms with Gasteiger partial charge in [-0.2, -0.15) is 0 Å². The van der Waals surface area contributed by atoms with Crippen molar-refractivity contribution in [1.82, 2.24) is 10.3 Å². The van der Waals surface area contributed by atoms with Crippen LogP contribution in [0.25, 0.3) is 0 Å². The van der Waals surface area contributed by atoms with Gasteiger partial charge in [-0.15, -0.1) is 0 Å². The Kier molecular flexibility index (Phi) is 6.80. The van der Waals surface area contributed by atoms with Crippen molar-refractivity contribution in [2.75, 3.05) is 30.4 Å². The van der Waals surface area contributed by atoms with Crippen LogP contribution in [0.2, 0.25) is 5.02 Å². The van der Waals surface area contributed by atoms with Gasteiger partial charge in [0.25, 0.3) is 5.91 Å². The van der Waals surface area contributed by atoms with Gasteiger partial charge in [0.15, 0.2) is 0 Å². The molecule has 0 fully saturated rings. The normalized spacial score (nSPS) is 11.9. The highest BCUT2D eigenvalue weighted by Crippen LogP contribution is 2.19. The number of hydrogen-bond acceptors (Lipinski definition) is 4. The van der Waals surface area contributed by atoms with Gasteiger partial charge in [-0.1, -0.05) is 18.5 Å². The van der Waals surface area contributed by atoms with Crippen LogP contribution in [-0.2, 0) is 10.8 Å². The van der Waals surface area contributed by atoms with Crippen molar-refractivity contribution in [1.29, 1.82) is 0 Å². The first kappa shape index (κ1) is 15.9. The van der Waals surface area contributed by atoms with Crippen LogP contribution < -0.4 is 10.6 Å². The number of hydrogen-bond donors (Lipinski definition) is 2. The largest absolute Gasteiger partial charge is 0.369 e. The number of amides is 1. The van der Waals surface area contributed by atoms with Crippen LogP contribution in [0.1, 0.15) is 23.7 Å². The molecule has 5 nitrogen and oxygen atoms in total. The molecule has 0 aliphatic carbocycles. The summed E-state index contributed by atoms with van der Waals surface area (Å²) in [6.45, 7) is 3.19. The van der Waals surface area contributed by atoms with Gasteiger partial charge in [0.1, 0.15) is 5.82 Å². The second kappa shape index (κ2) is 8.12. The summed E-state index contributed by atoms with van der Waals surface area (Å²) in [6, 6.07) is 1.57. The van der Waals surface area contributed by atoms with Crippen LogP contribution in [0, 0.1) is 0 Å². The van der Waals surface area contributed by atoms with E-state index in [1.54, 1.807) is 12.3 Å². The molecule has 1 aromatic heterocycles. The standard InChI is InChI=1S/C12H18ClN3O2S/c1-3-4-14-11-10(13)7-9(8-16-11)12(17)15-5-6-19(2)18/h7-8H,3-6H2,1-2H3,(H,14,16)(H,15,17). The molecule has 0 saturated carbocycles. The Morgan fingerprint density at radius 1 is 1.47 bits per heavy atom. The summed E-state index contributed by atoms with van der Waals surface area (Å²) >= 11 is 6.04. The lowest BCUT2D eigenvalue weighted by Gasteiger charge is -2.08. The van der Waals surface area contributed by atoms with Crippen molar-refractivity contribution in [2.24, 2.45) is 0 Å². The topological polar surface area (TPSA) is 71.1 Å². The fourth-order valence-corrected chi connectivity index (χ4v) is 1.97. The van der Waals surface area contributed by atoms with Gasteiger partial charge in [-0.3, -0.25) is 9.00 Å². The van der Waals surface area contributed by atoms with E-state index >= 15 is 0 Å². The summed E-state index contributed by atoms with van der Waals surface area (Å²) in [6.07, 6.45) is 4.04. The average Bonchev–Trinajstić information content (AvgIpc) is 2.36. The van der Waals surface area contributed by atoms with E-state index in [4.69, 9.17) is 11.6 Å². The molecule has 0 saturated heterocycles. The molecule has 2 N–H and O–H groups in total. The Labute approximate surface area is 120 Å². The van der Waals surface area contributed by atoms with Crippen LogP contribution in [-0.4, -0.2) is 40.2 Å². The summed E-state index contributed by atoms with van der Waals surface area (Å²) < 4.78 is 10.9. The summed E-state index contributed by atoms with van der Waals surface area (Å²) in [7, 11) is -0.917. The van der Waals surface area contributed by atoms with Crippen LogP contribution in [0.4, 0.5) is 5.82 Å². The first-order valence-corrected chi connectivity index (χ1v) is 8.12. The van der Waals surface area contributed by atoms with Gasteiger partial charge in [-0.05, 0) is 12.5 Å². The van der Waals surface area contributed by atoms with Crippen molar-refractivity contribution in [3.05, 3.63) is 22.8 Å². The molecule has 0 aliphatic rings. The maximum Gasteiger partial charge on any atom is 0.252 e. The zero-order valence-electron chi connectivity index (χ0n) is 11.0. The van der Waals surface area contributed by atoms with E-state index in [2.05, 4.69) is 15.6 Å². The Morgan fingerprint density at radius 3 is 2.79 bits per heavy atom. The average molecular weight is 304 g/mol. The van der Waals surface area contributed by atoms with Gasteiger partial charge in [0, 0.05) is 42.1 Å². The molecule has 7 heteroatoms. The Morgan fingerprint density at radius 2 is 2.21 bits per heavy atom. The molecule has 1 atom stereocenters. The predicted octanol–water partition coefficient (Wildman–Crippen LogP) is 1.67. The molecule has 1 heterocycles. The lowest BCUT2D eigenvalue weighted by molar-refractivity contribution is 0.0956. The molecule has 1 unspecified atom stereocenters. The number of nitrogens with zero attached hydrogens (tertiary/aromatic N) is 1. The molecule has 0 radical (unpaired) electrons. The third-order valence-corrected chi connectivity index (χ3v) is 3.39. The van der Waals surface area contributed by atoms with Crippen LogP contribution in [0.5, 0.6) is 0 Å². The van der Waals surface area contributed by atoms with E-state index in [1.165, 1.54) is 6.20 Å². The number of aromatic nitrogens is 1. The first-order valence-electron chi connectivity index (χ1n) is 6.02. The third kappa shape index (κ3) is 5.57. The molecule has 0 spiro atoms. The second-order valence-corrected chi connectivity index (χ2v) is 5.98. The monoisotopic (exact) mass is 303 g/mol. The van der Waals surface area contributed by atoms with E-state index in [0.29, 0.717) is 28.7 Å². The summed E-state index contributed by atoms with van der Waals surface area (Å²) in [5.74, 6) is 0.750. The second-order valence-electron chi connectivity index (χ2n) is 4.01. The summed E-state index contributed by atoms with van der Waals surface area (Å²) in [5, 5.41) is 6.16. The van der Waals surface area contributed by atoms with Crippen molar-refractivity contribution in [3.8, 4) is 0 Å². The smallest absolute Gasteiger partial charge is 0.252 e. The number of carbonyl (C=O) groups excluding carboxylic acids is 1. The molecule has 1 rings (SSSR count). The minimum Gasteiger partial charge on any atom is -0.369 e. The molecule has 1 aromatic rings. The van der Waals surface area contributed by atoms with Crippen LogP contribution in [0.15, 0.2) is 12.3 Å². The minimum atomic E-state index is -0.917. The molecule has 0 aromatic carbocycles. The van der Waals surface area contributed by atoms with E-state index in [-0.39, 0.29) is 5.91 Å². The van der Waals surface area contributed by atoms with Crippen molar-refractivity contribution >= 4 is 34.1 Å². The van der Waals surface area contributed by atoms with E-state index in [1.807, 2.05) is 6.92 Å². The number of rotatable bonds is 7. The first-order chi connectivity index (χ1) is 9.04. The minimum absolute atomic E-state index is 0.262. The highest BCUT2D eigenvalue weighted by molar-refractivity contribution is 7.84. The molecule has 19 heavy (non-hydrogen) atoms. The molecular formula is C12H18ClN3O2S. The zero-order valence-corrected chi connectivity index (χ0v) is 12.6. The van der Waals surface area contributed by atoms with E-state index < -0.39 is 10.8 Å². The molecule has 0 aliphatic heterocycles. The molecule has 0 bridgehead atoms.